The summed E-state index contributed by atoms with van der Waals surface area (Å²) in [5.41, 5.74) is -2.36. The molecule has 5 nitrogen and oxygen atoms in total. The molecule has 1 fully saturated rings. The number of carboxylic acids is 2. The van der Waals surface area contributed by atoms with E-state index in [1.807, 2.05) is 0 Å². The highest BCUT2D eigenvalue weighted by atomic mass is 35.5. The molecule has 0 aliphatic heterocycles. The number of carbonyl (C=O) groups is 2. The van der Waals surface area contributed by atoms with Crippen molar-refractivity contribution in [3.63, 3.8) is 0 Å². The Balaban J connectivity index is 3.12. The zero-order valence-electron chi connectivity index (χ0n) is 7.36. The van der Waals surface area contributed by atoms with Gasteiger partial charge in [-0.2, -0.15) is 0 Å². The number of aliphatic carboxylic acids is 2. The molecule has 3 N–H and O–H groups in total. The second-order valence-electron chi connectivity index (χ2n) is 3.48. The van der Waals surface area contributed by atoms with Gasteiger partial charge in [-0.05, 0) is 19.3 Å². The number of carboxylic acid groups (broad SMARTS) is 2. The minimum absolute atomic E-state index is 0.0350. The summed E-state index contributed by atoms with van der Waals surface area (Å²) < 4.78 is 0. The molecule has 1 aliphatic carbocycles. The maximum atomic E-state index is 10.8. The number of alkyl halides is 1. The predicted molar refractivity (Wildman–Crippen MR) is 47.3 cm³/mol. The summed E-state index contributed by atoms with van der Waals surface area (Å²) in [5, 5.41) is 27.3. The van der Waals surface area contributed by atoms with Crippen molar-refractivity contribution in [2.75, 3.05) is 0 Å². The third kappa shape index (κ3) is 1.36. The molecule has 0 spiro atoms. The molecular formula is C8H11ClO5. The van der Waals surface area contributed by atoms with Gasteiger partial charge in [0.15, 0.2) is 10.5 Å². The number of hydrogen-bond acceptors (Lipinski definition) is 3. The molecule has 0 bridgehead atoms. The van der Waals surface area contributed by atoms with Gasteiger partial charge in [-0.1, -0.05) is 6.42 Å². The quantitative estimate of drug-likeness (QED) is 0.590. The summed E-state index contributed by atoms with van der Waals surface area (Å²) in [6.45, 7) is 0. The Morgan fingerprint density at radius 1 is 1.07 bits per heavy atom. The Kier molecular flexibility index (Phi) is 2.74. The van der Waals surface area contributed by atoms with Crippen molar-refractivity contribution < 1.29 is 24.9 Å². The Hall–Kier alpha value is -0.810. The average Bonchev–Trinajstić information content (AvgIpc) is 2.09. The fraction of sp³-hybridized carbons (Fsp3) is 0.750. The van der Waals surface area contributed by atoms with Gasteiger partial charge in [0.05, 0.1) is 0 Å². The second-order valence-corrected chi connectivity index (χ2v) is 4.12. The maximum Gasteiger partial charge on any atom is 0.338 e. The van der Waals surface area contributed by atoms with Gasteiger partial charge in [0.25, 0.3) is 0 Å². The summed E-state index contributed by atoms with van der Waals surface area (Å²) in [4.78, 5) is 19.5. The molecule has 1 aliphatic rings. The van der Waals surface area contributed by atoms with Crippen LogP contribution in [-0.4, -0.2) is 37.7 Å². The summed E-state index contributed by atoms with van der Waals surface area (Å²) >= 11 is 5.68. The Morgan fingerprint density at radius 2 is 1.57 bits per heavy atom. The van der Waals surface area contributed by atoms with Crippen LogP contribution in [0, 0.1) is 0 Å². The summed E-state index contributed by atoms with van der Waals surface area (Å²) in [7, 11) is 0. The number of halogens is 1. The number of hydrogen-bond donors (Lipinski definition) is 3. The van der Waals surface area contributed by atoms with Crippen molar-refractivity contribution in [3.05, 3.63) is 0 Å². The van der Waals surface area contributed by atoms with Gasteiger partial charge in [-0.3, -0.25) is 4.79 Å². The molecule has 0 aromatic rings. The highest BCUT2D eigenvalue weighted by Crippen LogP contribution is 2.42. The molecular weight excluding hydrogens is 212 g/mol. The van der Waals surface area contributed by atoms with Gasteiger partial charge in [-0.15, -0.1) is 11.6 Å². The molecule has 2 unspecified atom stereocenters. The van der Waals surface area contributed by atoms with Crippen molar-refractivity contribution in [2.45, 2.75) is 36.2 Å². The lowest BCUT2D eigenvalue weighted by molar-refractivity contribution is -0.175. The standard InChI is InChI=1S/C8H11ClO5/c9-7(5(10)11)3-1-2-4-8(7,14)6(12)13/h14H,1-4H2,(H,10,11)(H,12,13). The van der Waals surface area contributed by atoms with Gasteiger partial charge in [0, 0.05) is 0 Å². The predicted octanol–water partition coefficient (Wildman–Crippen LogP) is 0.438. The monoisotopic (exact) mass is 222 g/mol. The minimum Gasteiger partial charge on any atom is -0.480 e. The van der Waals surface area contributed by atoms with E-state index in [1.165, 1.54) is 0 Å². The van der Waals surface area contributed by atoms with Crippen LogP contribution >= 0.6 is 11.6 Å². The Morgan fingerprint density at radius 3 is 1.93 bits per heavy atom. The first-order chi connectivity index (χ1) is 6.34. The van der Waals surface area contributed by atoms with E-state index >= 15 is 0 Å². The van der Waals surface area contributed by atoms with Crippen molar-refractivity contribution >= 4 is 23.5 Å². The van der Waals surface area contributed by atoms with Crippen LogP contribution in [0.2, 0.25) is 0 Å². The molecule has 0 saturated heterocycles. The molecule has 1 rings (SSSR count). The lowest BCUT2D eigenvalue weighted by atomic mass is 9.74. The van der Waals surface area contributed by atoms with E-state index in [1.54, 1.807) is 0 Å². The third-order valence-electron chi connectivity index (χ3n) is 2.66. The van der Waals surface area contributed by atoms with Crippen LogP contribution in [0.1, 0.15) is 25.7 Å². The van der Waals surface area contributed by atoms with Gasteiger partial charge in [-0.25, -0.2) is 4.79 Å². The topological polar surface area (TPSA) is 94.8 Å². The van der Waals surface area contributed by atoms with E-state index in [4.69, 9.17) is 21.8 Å². The molecule has 0 aromatic heterocycles. The van der Waals surface area contributed by atoms with Gasteiger partial charge >= 0.3 is 11.9 Å². The highest BCUT2D eigenvalue weighted by Gasteiger charge is 2.61. The fourth-order valence-corrected chi connectivity index (χ4v) is 2.02. The Labute approximate surface area is 85.3 Å². The van der Waals surface area contributed by atoms with Crippen molar-refractivity contribution in [3.8, 4) is 0 Å². The first-order valence-electron chi connectivity index (χ1n) is 4.23. The Bertz CT molecular complexity index is 251. The van der Waals surface area contributed by atoms with Crippen LogP contribution in [0.25, 0.3) is 0 Å². The summed E-state index contributed by atoms with van der Waals surface area (Å²) in [5.74, 6) is -3.06. The molecule has 0 amide bonds. The van der Waals surface area contributed by atoms with Crippen molar-refractivity contribution in [1.82, 2.24) is 0 Å². The molecule has 2 atom stereocenters. The van der Waals surface area contributed by atoms with Crippen LogP contribution in [-0.2, 0) is 9.59 Å². The maximum absolute atomic E-state index is 10.8. The van der Waals surface area contributed by atoms with Gasteiger partial charge < -0.3 is 15.3 Å². The highest BCUT2D eigenvalue weighted by molar-refractivity contribution is 6.36. The fourth-order valence-electron chi connectivity index (χ4n) is 1.71. The van der Waals surface area contributed by atoms with Crippen molar-refractivity contribution in [1.29, 1.82) is 0 Å². The molecule has 80 valence electrons. The first kappa shape index (κ1) is 11.3. The zero-order chi connectivity index (χ0) is 11.0. The molecule has 0 heterocycles. The smallest absolute Gasteiger partial charge is 0.338 e. The molecule has 1 saturated carbocycles. The molecule has 14 heavy (non-hydrogen) atoms. The second kappa shape index (κ2) is 3.40. The van der Waals surface area contributed by atoms with E-state index in [0.29, 0.717) is 12.8 Å². The van der Waals surface area contributed by atoms with Crippen molar-refractivity contribution in [2.24, 2.45) is 0 Å². The van der Waals surface area contributed by atoms with Crippen LogP contribution < -0.4 is 0 Å². The van der Waals surface area contributed by atoms with Crippen LogP contribution in [0.15, 0.2) is 0 Å². The van der Waals surface area contributed by atoms with Crippen LogP contribution in [0.3, 0.4) is 0 Å². The third-order valence-corrected chi connectivity index (χ3v) is 3.32. The van der Waals surface area contributed by atoms with E-state index in [2.05, 4.69) is 0 Å². The van der Waals surface area contributed by atoms with E-state index in [9.17, 15) is 14.7 Å². The average molecular weight is 223 g/mol. The van der Waals surface area contributed by atoms with E-state index in [-0.39, 0.29) is 12.8 Å². The van der Waals surface area contributed by atoms with E-state index < -0.39 is 22.4 Å². The normalized spacial score (nSPS) is 37.9. The van der Waals surface area contributed by atoms with Gasteiger partial charge in [0.1, 0.15) is 0 Å². The number of rotatable bonds is 2. The summed E-state index contributed by atoms with van der Waals surface area (Å²) in [6.07, 6.45) is 0.806. The largest absolute Gasteiger partial charge is 0.480 e. The first-order valence-corrected chi connectivity index (χ1v) is 4.60. The van der Waals surface area contributed by atoms with E-state index in [0.717, 1.165) is 0 Å². The van der Waals surface area contributed by atoms with Gasteiger partial charge in [0.2, 0.25) is 0 Å². The lowest BCUT2D eigenvalue weighted by Gasteiger charge is -2.40. The SMILES string of the molecule is O=C(O)C1(O)CCCCC1(Cl)C(=O)O. The summed E-state index contributed by atoms with van der Waals surface area (Å²) in [6, 6.07) is 0. The lowest BCUT2D eigenvalue weighted by Crippen LogP contribution is -2.61. The minimum atomic E-state index is -2.36. The molecule has 6 heteroatoms. The molecule has 0 radical (unpaired) electrons. The van der Waals surface area contributed by atoms with Crippen LogP contribution in [0.4, 0.5) is 0 Å². The zero-order valence-corrected chi connectivity index (χ0v) is 8.12. The molecule has 0 aromatic carbocycles. The number of aliphatic hydroxyl groups is 1. The van der Waals surface area contributed by atoms with Crippen LogP contribution in [0.5, 0.6) is 0 Å².